The van der Waals surface area contributed by atoms with Crippen molar-refractivity contribution in [1.82, 2.24) is 5.32 Å². The van der Waals surface area contributed by atoms with Gasteiger partial charge >= 0.3 is 12.1 Å². The molecule has 1 aromatic carbocycles. The summed E-state index contributed by atoms with van der Waals surface area (Å²) < 4.78 is 42.3. The molecule has 0 bridgehead atoms. The van der Waals surface area contributed by atoms with Crippen LogP contribution in [0.3, 0.4) is 0 Å². The highest BCUT2D eigenvalue weighted by Gasteiger charge is 2.31. The number of aliphatic hydroxyl groups excluding tert-OH is 1. The number of carbonyl (C=O) groups excluding carboxylic acids is 2. The fourth-order valence-corrected chi connectivity index (χ4v) is 2.42. The van der Waals surface area contributed by atoms with Crippen LogP contribution in [0.25, 0.3) is 0 Å². The first-order valence-electron chi connectivity index (χ1n) is 8.44. The molecule has 1 amide bonds. The van der Waals surface area contributed by atoms with Gasteiger partial charge < -0.3 is 15.2 Å². The lowest BCUT2D eigenvalue weighted by atomic mass is 10.0. The Balaban J connectivity index is 2.73. The molecule has 0 radical (unpaired) electrons. The van der Waals surface area contributed by atoms with Crippen LogP contribution in [0.1, 0.15) is 56.3 Å². The van der Waals surface area contributed by atoms with Crippen molar-refractivity contribution in [2.75, 3.05) is 7.11 Å². The number of unbranched alkanes of at least 4 members (excludes halogenated alkanes) is 3. The largest absolute Gasteiger partial charge is 0.467 e. The minimum Gasteiger partial charge on any atom is -0.467 e. The van der Waals surface area contributed by atoms with Crippen molar-refractivity contribution in [3.63, 3.8) is 0 Å². The minimum absolute atomic E-state index is 0.00472. The highest BCUT2D eigenvalue weighted by molar-refractivity contribution is 5.87. The summed E-state index contributed by atoms with van der Waals surface area (Å²) in [5.41, 5.74) is -0.873. The molecule has 8 heteroatoms. The van der Waals surface area contributed by atoms with Gasteiger partial charge in [-0.15, -0.1) is 0 Å². The number of carbonyl (C=O) groups is 2. The number of nitrogens with one attached hydrogen (secondary N) is 1. The second-order valence-corrected chi connectivity index (χ2v) is 5.96. The van der Waals surface area contributed by atoms with Crippen LogP contribution in [-0.4, -0.2) is 30.1 Å². The van der Waals surface area contributed by atoms with Gasteiger partial charge in [0.05, 0.1) is 12.7 Å². The van der Waals surface area contributed by atoms with E-state index in [1.54, 1.807) is 0 Å². The molecule has 2 N–H and O–H groups in total. The van der Waals surface area contributed by atoms with Crippen molar-refractivity contribution in [3.05, 3.63) is 35.4 Å². The number of halogens is 3. The first kappa shape index (κ1) is 22.0. The van der Waals surface area contributed by atoms with Gasteiger partial charge in [0, 0.05) is 0 Å². The third-order valence-electron chi connectivity index (χ3n) is 3.95. The molecule has 146 valence electrons. The normalized spacial score (nSPS) is 13.8. The van der Waals surface area contributed by atoms with Gasteiger partial charge in [0.2, 0.25) is 0 Å². The van der Waals surface area contributed by atoms with Crippen LogP contribution >= 0.6 is 0 Å². The van der Waals surface area contributed by atoms with E-state index in [1.807, 2.05) is 6.92 Å². The summed E-state index contributed by atoms with van der Waals surface area (Å²) in [6, 6.07) is 2.72. The second kappa shape index (κ2) is 10.2. The minimum atomic E-state index is -4.50. The molecular weight excluding hydrogens is 351 g/mol. The summed E-state index contributed by atoms with van der Waals surface area (Å²) in [4.78, 5) is 23.9. The van der Waals surface area contributed by atoms with E-state index in [-0.39, 0.29) is 5.56 Å². The molecule has 0 aliphatic rings. The first-order chi connectivity index (χ1) is 12.2. The average Bonchev–Trinajstić information content (AvgIpc) is 2.62. The van der Waals surface area contributed by atoms with Gasteiger partial charge in [-0.1, -0.05) is 44.7 Å². The summed E-state index contributed by atoms with van der Waals surface area (Å²) in [5.74, 6) is -1.50. The standard InChI is InChI=1S/C18H24F3NO4/c1-3-4-5-6-7-14(17(25)26-2)22-16(24)15(23)12-8-10-13(11-9-12)18(19,20)21/h8-11,14-15,23H,3-7H2,1-2H3,(H,22,24)/t14-,15-/m1/s1. The van der Waals surface area contributed by atoms with Crippen LogP contribution in [0, 0.1) is 0 Å². The highest BCUT2D eigenvalue weighted by Crippen LogP contribution is 2.30. The number of methoxy groups -OCH3 is 1. The summed E-state index contributed by atoms with van der Waals surface area (Å²) in [6.07, 6.45) is -2.22. The lowest BCUT2D eigenvalue weighted by molar-refractivity contribution is -0.146. The second-order valence-electron chi connectivity index (χ2n) is 5.96. The molecule has 5 nitrogen and oxygen atoms in total. The Morgan fingerprint density at radius 3 is 2.27 bits per heavy atom. The Bertz CT molecular complexity index is 587. The lowest BCUT2D eigenvalue weighted by Crippen LogP contribution is -2.43. The number of rotatable bonds is 9. The number of hydrogen-bond donors (Lipinski definition) is 2. The van der Waals surface area contributed by atoms with Gasteiger partial charge in [-0.05, 0) is 24.1 Å². The van der Waals surface area contributed by atoms with Crippen molar-refractivity contribution in [3.8, 4) is 0 Å². The number of ether oxygens (including phenoxy) is 1. The predicted molar refractivity (Wildman–Crippen MR) is 89.1 cm³/mol. The van der Waals surface area contributed by atoms with Crippen LogP contribution < -0.4 is 5.32 Å². The molecular formula is C18H24F3NO4. The molecule has 26 heavy (non-hydrogen) atoms. The molecule has 0 saturated heterocycles. The van der Waals surface area contributed by atoms with E-state index >= 15 is 0 Å². The molecule has 0 fully saturated rings. The Morgan fingerprint density at radius 1 is 1.15 bits per heavy atom. The summed E-state index contributed by atoms with van der Waals surface area (Å²) in [7, 11) is 1.19. The Labute approximate surface area is 150 Å². The van der Waals surface area contributed by atoms with Crippen LogP contribution in [0.5, 0.6) is 0 Å². The number of amides is 1. The van der Waals surface area contributed by atoms with Crippen LogP contribution in [0.2, 0.25) is 0 Å². The van der Waals surface area contributed by atoms with Crippen molar-refractivity contribution in [2.45, 2.75) is 57.3 Å². The number of alkyl halides is 3. The highest BCUT2D eigenvalue weighted by atomic mass is 19.4. The number of aliphatic hydroxyl groups is 1. The van der Waals surface area contributed by atoms with E-state index in [0.29, 0.717) is 12.8 Å². The summed E-state index contributed by atoms with van der Waals surface area (Å²) >= 11 is 0. The monoisotopic (exact) mass is 375 g/mol. The maximum absolute atomic E-state index is 12.6. The molecule has 0 aliphatic carbocycles. The van der Waals surface area contributed by atoms with Gasteiger partial charge in [-0.2, -0.15) is 13.2 Å². The fourth-order valence-electron chi connectivity index (χ4n) is 2.42. The molecule has 1 aromatic rings. The molecule has 0 aromatic heterocycles. The molecule has 0 spiro atoms. The number of hydrogen-bond acceptors (Lipinski definition) is 4. The van der Waals surface area contributed by atoms with Crippen LogP contribution in [0.4, 0.5) is 13.2 Å². The van der Waals surface area contributed by atoms with E-state index in [9.17, 15) is 27.9 Å². The van der Waals surface area contributed by atoms with Gasteiger partial charge in [0.25, 0.3) is 5.91 Å². The summed E-state index contributed by atoms with van der Waals surface area (Å²) in [6.45, 7) is 2.04. The molecule has 1 rings (SSSR count). The zero-order valence-corrected chi connectivity index (χ0v) is 14.8. The Morgan fingerprint density at radius 2 is 1.77 bits per heavy atom. The van der Waals surface area contributed by atoms with Crippen molar-refractivity contribution in [2.24, 2.45) is 0 Å². The van der Waals surface area contributed by atoms with E-state index in [2.05, 4.69) is 10.1 Å². The first-order valence-corrected chi connectivity index (χ1v) is 8.44. The quantitative estimate of drug-likeness (QED) is 0.513. The predicted octanol–water partition coefficient (Wildman–Crippen LogP) is 3.37. The average molecular weight is 375 g/mol. The zero-order chi connectivity index (χ0) is 19.7. The fraction of sp³-hybridized carbons (Fsp3) is 0.556. The number of esters is 1. The van der Waals surface area contributed by atoms with Gasteiger partial charge in [-0.25, -0.2) is 4.79 Å². The summed E-state index contributed by atoms with van der Waals surface area (Å²) in [5, 5.41) is 12.5. The number of benzene rings is 1. The smallest absolute Gasteiger partial charge is 0.416 e. The van der Waals surface area contributed by atoms with Crippen molar-refractivity contribution < 1.29 is 32.6 Å². The molecule has 0 aliphatic heterocycles. The van der Waals surface area contributed by atoms with Gasteiger partial charge in [0.1, 0.15) is 6.04 Å². The van der Waals surface area contributed by atoms with Crippen LogP contribution in [-0.2, 0) is 20.5 Å². The van der Waals surface area contributed by atoms with E-state index in [1.165, 1.54) is 7.11 Å². The van der Waals surface area contributed by atoms with Gasteiger partial charge in [-0.3, -0.25) is 4.79 Å². The third-order valence-corrected chi connectivity index (χ3v) is 3.95. The maximum atomic E-state index is 12.6. The van der Waals surface area contributed by atoms with Crippen LogP contribution in [0.15, 0.2) is 24.3 Å². The van der Waals surface area contributed by atoms with Crippen molar-refractivity contribution in [1.29, 1.82) is 0 Å². The molecule has 0 heterocycles. The van der Waals surface area contributed by atoms with E-state index in [0.717, 1.165) is 43.5 Å². The molecule has 0 unspecified atom stereocenters. The molecule has 0 saturated carbocycles. The zero-order valence-electron chi connectivity index (χ0n) is 14.8. The maximum Gasteiger partial charge on any atom is 0.416 e. The van der Waals surface area contributed by atoms with Gasteiger partial charge in [0.15, 0.2) is 6.10 Å². The topological polar surface area (TPSA) is 75.6 Å². The lowest BCUT2D eigenvalue weighted by Gasteiger charge is -2.19. The Kier molecular flexibility index (Phi) is 8.57. The Hall–Kier alpha value is -2.09. The van der Waals surface area contributed by atoms with Crippen molar-refractivity contribution >= 4 is 11.9 Å². The third kappa shape index (κ3) is 6.67. The van der Waals surface area contributed by atoms with E-state index in [4.69, 9.17) is 0 Å². The molecule has 2 atom stereocenters. The SMILES string of the molecule is CCCCCC[C@@H](NC(=O)[C@H](O)c1ccc(C(F)(F)F)cc1)C(=O)OC. The van der Waals surface area contributed by atoms with E-state index < -0.39 is 35.8 Å².